The lowest BCUT2D eigenvalue weighted by Crippen LogP contribution is -2.68. The number of hydrogen-bond acceptors (Lipinski definition) is 8. The molecule has 1 fully saturated rings. The Morgan fingerprint density at radius 3 is 1.95 bits per heavy atom. The number of nitrogens with zero attached hydrogens (tertiary/aromatic N) is 1. The summed E-state index contributed by atoms with van der Waals surface area (Å²) in [5.41, 5.74) is 2.73. The minimum absolute atomic E-state index is 0.149. The van der Waals surface area contributed by atoms with Crippen molar-refractivity contribution >= 4 is 46.1 Å². The molecular weight excluding hydrogens is 839 g/mol. The van der Waals surface area contributed by atoms with E-state index < -0.39 is 24.4 Å². The lowest BCUT2D eigenvalue weighted by atomic mass is 10.1. The highest BCUT2D eigenvalue weighted by molar-refractivity contribution is 7.89. The average Bonchev–Trinajstić information content (AvgIpc) is 3.30. The number of aliphatic hydroxyl groups excluding tert-OH is 1. The highest BCUT2D eigenvalue weighted by Gasteiger charge is 2.52. The number of urea groups is 1. The Morgan fingerprint density at radius 1 is 0.766 bits per heavy atom. The first-order chi connectivity index (χ1) is 30.9. The number of carbonyl (C=O) groups excluding carboxylic acids is 1. The fourth-order valence-corrected chi connectivity index (χ4v) is 14.1. The summed E-state index contributed by atoms with van der Waals surface area (Å²) >= 11 is 0. The third kappa shape index (κ3) is 13.2. The van der Waals surface area contributed by atoms with Crippen LogP contribution < -0.4 is 40.8 Å². The van der Waals surface area contributed by atoms with Crippen LogP contribution >= 0.6 is 0 Å². The van der Waals surface area contributed by atoms with Gasteiger partial charge in [-0.3, -0.25) is 0 Å². The number of amides is 2. The predicted molar refractivity (Wildman–Crippen MR) is 262 cm³/mol. The number of ether oxygens (including phenoxy) is 1. The van der Waals surface area contributed by atoms with Crippen LogP contribution in [0.4, 0.5) is 16.2 Å². The van der Waals surface area contributed by atoms with Gasteiger partial charge in [0.05, 0.1) is 4.90 Å². The first-order valence-electron chi connectivity index (χ1n) is 22.8. The van der Waals surface area contributed by atoms with E-state index in [1.807, 2.05) is 36.4 Å². The predicted octanol–water partition coefficient (Wildman–Crippen LogP) is 8.16. The van der Waals surface area contributed by atoms with E-state index >= 15 is 0 Å². The number of rotatable bonds is 22. The van der Waals surface area contributed by atoms with Crippen molar-refractivity contribution in [2.75, 3.05) is 50.0 Å². The third-order valence-electron chi connectivity index (χ3n) is 11.8. The molecule has 1 aliphatic rings. The number of unbranched alkanes of at least 4 members (excludes halogenated alkanes) is 3. The van der Waals surface area contributed by atoms with Gasteiger partial charge in [-0.05, 0) is 114 Å². The van der Waals surface area contributed by atoms with E-state index in [4.69, 9.17) is 9.16 Å². The van der Waals surface area contributed by atoms with E-state index in [-0.39, 0.29) is 28.6 Å². The number of carbonyl (C=O) groups is 1. The summed E-state index contributed by atoms with van der Waals surface area (Å²) in [6.07, 6.45) is 5.82. The van der Waals surface area contributed by atoms with Gasteiger partial charge in [-0.2, -0.15) is 4.31 Å². The molecule has 0 aromatic heterocycles. The number of nitrogens with one attached hydrogen (secondary N) is 4. The van der Waals surface area contributed by atoms with Crippen LogP contribution in [-0.4, -0.2) is 83.7 Å². The Balaban J connectivity index is 0.883. The number of benzene rings is 5. The van der Waals surface area contributed by atoms with Crippen molar-refractivity contribution in [3.8, 4) is 11.5 Å². The highest BCUT2D eigenvalue weighted by Crippen LogP contribution is 2.38. The standard InChI is InChI=1S/C51H67N5O6SSi/c1-5-6-7-14-34-53-50(58)55-42-23-29-47(30-24-42)63(59,60)56-36-32-43(33-37-56)54-41-21-19-40(20-22-41)31-35-52-38-44(57)39-61-45-25-27-46(28-26-45)62-64(51(2,3)4,48-15-10-8-11-16-48)49-17-12-9-13-18-49/h8-13,15-30,43-44,52,54,57H,5-7,14,31-39H2,1-4H3,(H2,53,55,58)/t44-/m0/s1. The summed E-state index contributed by atoms with van der Waals surface area (Å²) in [7, 11) is -6.39. The molecule has 0 unspecified atom stereocenters. The van der Waals surface area contributed by atoms with Crippen molar-refractivity contribution in [1.29, 1.82) is 0 Å². The normalized spacial score (nSPS) is 14.4. The van der Waals surface area contributed by atoms with E-state index in [1.54, 1.807) is 28.6 Å². The summed E-state index contributed by atoms with van der Waals surface area (Å²) in [6, 6.07) is 43.4. The van der Waals surface area contributed by atoms with Crippen LogP contribution in [0.15, 0.2) is 138 Å². The molecule has 0 radical (unpaired) electrons. The zero-order chi connectivity index (χ0) is 45.4. The second kappa shape index (κ2) is 23.1. The summed E-state index contributed by atoms with van der Waals surface area (Å²) in [5, 5.41) is 25.5. The van der Waals surface area contributed by atoms with E-state index in [2.05, 4.69) is 122 Å². The molecule has 64 heavy (non-hydrogen) atoms. The van der Waals surface area contributed by atoms with Crippen molar-refractivity contribution in [2.24, 2.45) is 0 Å². The first-order valence-corrected chi connectivity index (χ1v) is 26.1. The number of hydrogen-bond donors (Lipinski definition) is 5. The van der Waals surface area contributed by atoms with Gasteiger partial charge in [-0.15, -0.1) is 0 Å². The van der Waals surface area contributed by atoms with E-state index in [9.17, 15) is 18.3 Å². The molecule has 13 heteroatoms. The van der Waals surface area contributed by atoms with Gasteiger partial charge in [0.15, 0.2) is 0 Å². The Labute approximate surface area is 382 Å². The SMILES string of the molecule is CCCCCCNC(=O)Nc1ccc(S(=O)(=O)N2CCC(Nc3ccc(CCNC[C@H](O)COc4ccc(O[Si](c5ccccc5)(c5ccccc5)C(C)(C)C)cc4)cc3)CC2)cc1. The van der Waals surface area contributed by atoms with Crippen molar-refractivity contribution in [3.05, 3.63) is 139 Å². The van der Waals surface area contributed by atoms with Gasteiger partial charge in [-0.25, -0.2) is 13.2 Å². The molecule has 2 amide bonds. The lowest BCUT2D eigenvalue weighted by molar-refractivity contribution is 0.106. The molecule has 342 valence electrons. The second-order valence-electron chi connectivity index (χ2n) is 17.6. The van der Waals surface area contributed by atoms with Gasteiger partial charge < -0.3 is 35.5 Å². The van der Waals surface area contributed by atoms with Crippen molar-refractivity contribution in [3.63, 3.8) is 0 Å². The molecule has 11 nitrogen and oxygen atoms in total. The van der Waals surface area contributed by atoms with Gasteiger partial charge in [0.2, 0.25) is 10.0 Å². The molecule has 1 aliphatic heterocycles. The molecule has 0 aliphatic carbocycles. The molecule has 0 saturated carbocycles. The summed E-state index contributed by atoms with van der Waals surface area (Å²) < 4.78 is 41.4. The fourth-order valence-electron chi connectivity index (χ4n) is 8.21. The van der Waals surface area contributed by atoms with Crippen LogP contribution in [0.3, 0.4) is 0 Å². The largest absolute Gasteiger partial charge is 0.534 e. The molecule has 1 heterocycles. The van der Waals surface area contributed by atoms with Crippen LogP contribution in [0.25, 0.3) is 0 Å². The zero-order valence-electron chi connectivity index (χ0n) is 37.9. The highest BCUT2D eigenvalue weighted by atomic mass is 32.2. The lowest BCUT2D eigenvalue weighted by Gasteiger charge is -2.43. The van der Waals surface area contributed by atoms with Gasteiger partial charge in [0.1, 0.15) is 24.2 Å². The zero-order valence-corrected chi connectivity index (χ0v) is 39.7. The summed E-state index contributed by atoms with van der Waals surface area (Å²) in [4.78, 5) is 12.4. The summed E-state index contributed by atoms with van der Waals surface area (Å²) in [6.45, 7) is 11.7. The Hall–Kier alpha value is -5.18. The van der Waals surface area contributed by atoms with Crippen molar-refractivity contribution in [1.82, 2.24) is 14.9 Å². The van der Waals surface area contributed by atoms with E-state index in [1.165, 1.54) is 15.9 Å². The van der Waals surface area contributed by atoms with Gasteiger partial charge >= 0.3 is 14.3 Å². The van der Waals surface area contributed by atoms with Crippen LogP contribution in [0.5, 0.6) is 11.5 Å². The van der Waals surface area contributed by atoms with E-state index in [0.29, 0.717) is 57.0 Å². The molecule has 0 bridgehead atoms. The minimum atomic E-state index is -3.65. The van der Waals surface area contributed by atoms with Crippen LogP contribution in [0, 0.1) is 0 Å². The maximum Gasteiger partial charge on any atom is 0.319 e. The van der Waals surface area contributed by atoms with E-state index in [0.717, 1.165) is 43.5 Å². The molecular formula is C51H67N5O6SSi. The third-order valence-corrected chi connectivity index (χ3v) is 18.6. The van der Waals surface area contributed by atoms with Gasteiger partial charge in [0.25, 0.3) is 0 Å². The van der Waals surface area contributed by atoms with Crippen molar-refractivity contribution < 1.29 is 27.5 Å². The van der Waals surface area contributed by atoms with Crippen LogP contribution in [0.2, 0.25) is 5.04 Å². The molecule has 1 atom stereocenters. The number of sulfonamides is 1. The van der Waals surface area contributed by atoms with Gasteiger partial charge in [-0.1, -0.05) is 120 Å². The summed E-state index contributed by atoms with van der Waals surface area (Å²) in [5.74, 6) is 1.45. The average molecular weight is 906 g/mol. The molecule has 6 rings (SSSR count). The number of aliphatic hydroxyl groups is 1. The quantitative estimate of drug-likeness (QED) is 0.0346. The minimum Gasteiger partial charge on any atom is -0.534 e. The monoisotopic (exact) mass is 905 g/mol. The second-order valence-corrected chi connectivity index (χ2v) is 23.8. The Bertz CT molecular complexity index is 2230. The van der Waals surface area contributed by atoms with Crippen LogP contribution in [-0.2, 0) is 16.4 Å². The molecule has 5 aromatic carbocycles. The molecule has 0 spiro atoms. The smallest absolute Gasteiger partial charge is 0.319 e. The van der Waals surface area contributed by atoms with Crippen molar-refractivity contribution in [2.45, 2.75) is 94.7 Å². The molecule has 5 aromatic rings. The Morgan fingerprint density at radius 2 is 1.36 bits per heavy atom. The Kier molecular flexibility index (Phi) is 17.5. The molecule has 1 saturated heterocycles. The number of piperidine rings is 1. The van der Waals surface area contributed by atoms with Crippen LogP contribution in [0.1, 0.15) is 71.8 Å². The maximum atomic E-state index is 13.4. The number of anilines is 2. The van der Waals surface area contributed by atoms with Gasteiger partial charge in [0, 0.05) is 43.6 Å². The first kappa shape index (κ1) is 48.3. The topological polar surface area (TPSA) is 141 Å². The maximum absolute atomic E-state index is 13.4. The molecule has 5 N–H and O–H groups in total. The fraction of sp³-hybridized carbons (Fsp3) is 0.392.